The highest BCUT2D eigenvalue weighted by atomic mass is 16.5. The Bertz CT molecular complexity index is 379. The first-order valence-electron chi connectivity index (χ1n) is 5.19. The van der Waals surface area contributed by atoms with E-state index < -0.39 is 5.97 Å². The van der Waals surface area contributed by atoms with Gasteiger partial charge in [-0.05, 0) is 13.3 Å². The third kappa shape index (κ3) is 2.76. The second-order valence-corrected chi connectivity index (χ2v) is 3.55. The molecule has 0 aromatic carbocycles. The lowest BCUT2D eigenvalue weighted by Gasteiger charge is -2.13. The van der Waals surface area contributed by atoms with Gasteiger partial charge in [-0.25, -0.2) is 14.8 Å². The van der Waals surface area contributed by atoms with Gasteiger partial charge in [0, 0.05) is 13.3 Å². The normalized spacial score (nSPS) is 12.4. The van der Waals surface area contributed by atoms with Crippen molar-refractivity contribution in [3.05, 3.63) is 23.3 Å². The van der Waals surface area contributed by atoms with Crippen molar-refractivity contribution in [3.8, 4) is 0 Å². The topological polar surface area (TPSA) is 72.3 Å². The summed E-state index contributed by atoms with van der Waals surface area (Å²) >= 11 is 0. The molecule has 0 radical (unpaired) electrons. The molecule has 1 aromatic heterocycles. The fourth-order valence-electron chi connectivity index (χ4n) is 1.46. The number of hydrogen-bond acceptors (Lipinski definition) is 4. The van der Waals surface area contributed by atoms with Crippen molar-refractivity contribution in [1.82, 2.24) is 9.97 Å². The minimum absolute atomic E-state index is 0.134. The number of rotatable bonds is 5. The van der Waals surface area contributed by atoms with Crippen molar-refractivity contribution in [3.63, 3.8) is 0 Å². The van der Waals surface area contributed by atoms with Gasteiger partial charge in [-0.15, -0.1) is 0 Å². The molecule has 1 N–H and O–H groups in total. The molecule has 0 spiro atoms. The molecule has 0 saturated carbocycles. The summed E-state index contributed by atoms with van der Waals surface area (Å²) in [6, 6.07) is 0. The van der Waals surface area contributed by atoms with E-state index in [-0.39, 0.29) is 11.7 Å². The molecule has 0 aliphatic rings. The van der Waals surface area contributed by atoms with Crippen LogP contribution in [-0.4, -0.2) is 28.2 Å². The number of aromatic carboxylic acids is 1. The van der Waals surface area contributed by atoms with E-state index in [9.17, 15) is 4.79 Å². The van der Waals surface area contributed by atoms with Gasteiger partial charge in [0.2, 0.25) is 0 Å². The molecule has 1 atom stereocenters. The van der Waals surface area contributed by atoms with Crippen LogP contribution in [0.15, 0.2) is 6.20 Å². The van der Waals surface area contributed by atoms with E-state index in [2.05, 4.69) is 9.97 Å². The molecule has 5 heteroatoms. The average molecular weight is 224 g/mol. The Morgan fingerprint density at radius 3 is 2.75 bits per heavy atom. The summed E-state index contributed by atoms with van der Waals surface area (Å²) < 4.78 is 5.26. The summed E-state index contributed by atoms with van der Waals surface area (Å²) in [5, 5.41) is 8.84. The molecular weight excluding hydrogens is 208 g/mol. The summed E-state index contributed by atoms with van der Waals surface area (Å²) in [6.45, 7) is 3.71. The van der Waals surface area contributed by atoms with E-state index in [1.807, 2.05) is 6.92 Å². The Morgan fingerprint density at radius 1 is 1.62 bits per heavy atom. The summed E-state index contributed by atoms with van der Waals surface area (Å²) in [4.78, 5) is 19.0. The molecular formula is C11H16N2O3. The molecule has 0 amide bonds. The second kappa shape index (κ2) is 5.55. The van der Waals surface area contributed by atoms with E-state index in [0.29, 0.717) is 11.5 Å². The number of hydrogen-bond donors (Lipinski definition) is 1. The first kappa shape index (κ1) is 12.6. The van der Waals surface area contributed by atoms with Crippen LogP contribution in [0.5, 0.6) is 0 Å². The zero-order valence-electron chi connectivity index (χ0n) is 9.73. The second-order valence-electron chi connectivity index (χ2n) is 3.55. The third-order valence-corrected chi connectivity index (χ3v) is 2.35. The smallest absolute Gasteiger partial charge is 0.339 e. The van der Waals surface area contributed by atoms with Gasteiger partial charge < -0.3 is 9.84 Å². The number of methoxy groups -OCH3 is 1. The molecule has 0 fully saturated rings. The molecule has 1 rings (SSSR count). The van der Waals surface area contributed by atoms with Gasteiger partial charge in [-0.2, -0.15) is 0 Å². The van der Waals surface area contributed by atoms with Crippen molar-refractivity contribution in [2.45, 2.75) is 32.8 Å². The lowest BCUT2D eigenvalue weighted by Crippen LogP contribution is -2.11. The van der Waals surface area contributed by atoms with Gasteiger partial charge >= 0.3 is 5.97 Å². The Morgan fingerprint density at radius 2 is 2.31 bits per heavy atom. The molecule has 16 heavy (non-hydrogen) atoms. The predicted molar refractivity (Wildman–Crippen MR) is 58.4 cm³/mol. The largest absolute Gasteiger partial charge is 0.478 e. The number of carboxylic acids is 1. The Kier molecular flexibility index (Phi) is 4.37. The van der Waals surface area contributed by atoms with Crippen molar-refractivity contribution in [2.24, 2.45) is 0 Å². The van der Waals surface area contributed by atoms with Crippen molar-refractivity contribution < 1.29 is 14.6 Å². The standard InChI is InChI=1S/C11H16N2O3/c1-4-5-9(16-3)10-12-6-8(11(14)15)7(2)13-10/h6,9H,4-5H2,1-3H3,(H,14,15). The highest BCUT2D eigenvalue weighted by Gasteiger charge is 2.16. The maximum Gasteiger partial charge on any atom is 0.339 e. The van der Waals surface area contributed by atoms with Gasteiger partial charge in [0.1, 0.15) is 6.10 Å². The molecule has 88 valence electrons. The number of ether oxygens (including phenoxy) is 1. The maximum absolute atomic E-state index is 10.8. The van der Waals surface area contributed by atoms with E-state index in [4.69, 9.17) is 9.84 Å². The van der Waals surface area contributed by atoms with Crippen LogP contribution in [0.3, 0.4) is 0 Å². The summed E-state index contributed by atoms with van der Waals surface area (Å²) in [5.41, 5.74) is 0.603. The van der Waals surface area contributed by atoms with Crippen LogP contribution in [-0.2, 0) is 4.74 Å². The highest BCUT2D eigenvalue weighted by molar-refractivity contribution is 5.88. The van der Waals surface area contributed by atoms with Crippen LogP contribution in [0.1, 0.15) is 47.7 Å². The van der Waals surface area contributed by atoms with Gasteiger partial charge in [0.25, 0.3) is 0 Å². The zero-order chi connectivity index (χ0) is 12.1. The number of aryl methyl sites for hydroxylation is 1. The Hall–Kier alpha value is -1.49. The summed E-state index contributed by atoms with van der Waals surface area (Å²) in [5.74, 6) is -0.458. The third-order valence-electron chi connectivity index (χ3n) is 2.35. The monoisotopic (exact) mass is 224 g/mol. The minimum atomic E-state index is -1.01. The predicted octanol–water partition coefficient (Wildman–Crippen LogP) is 1.97. The molecule has 0 saturated heterocycles. The van der Waals surface area contributed by atoms with Crippen LogP contribution in [0.25, 0.3) is 0 Å². The van der Waals surface area contributed by atoms with E-state index in [1.54, 1.807) is 14.0 Å². The molecule has 1 unspecified atom stereocenters. The van der Waals surface area contributed by atoms with Crippen LogP contribution < -0.4 is 0 Å². The molecule has 1 heterocycles. The number of nitrogens with zero attached hydrogens (tertiary/aromatic N) is 2. The first-order valence-corrected chi connectivity index (χ1v) is 5.19. The Labute approximate surface area is 94.5 Å². The first-order chi connectivity index (χ1) is 7.60. The fourth-order valence-corrected chi connectivity index (χ4v) is 1.46. The molecule has 0 aliphatic heterocycles. The van der Waals surface area contributed by atoms with Gasteiger partial charge in [0.15, 0.2) is 5.82 Å². The van der Waals surface area contributed by atoms with Gasteiger partial charge in [0.05, 0.1) is 11.3 Å². The average Bonchev–Trinajstić information content (AvgIpc) is 2.25. The number of carboxylic acid groups (broad SMARTS) is 1. The lowest BCUT2D eigenvalue weighted by atomic mass is 10.2. The van der Waals surface area contributed by atoms with E-state index in [0.717, 1.165) is 12.8 Å². The summed E-state index contributed by atoms with van der Waals surface area (Å²) in [7, 11) is 1.60. The van der Waals surface area contributed by atoms with E-state index in [1.165, 1.54) is 6.20 Å². The molecule has 5 nitrogen and oxygen atoms in total. The zero-order valence-corrected chi connectivity index (χ0v) is 9.73. The Balaban J connectivity index is 2.99. The quantitative estimate of drug-likeness (QED) is 0.827. The van der Waals surface area contributed by atoms with Crippen LogP contribution in [0.4, 0.5) is 0 Å². The van der Waals surface area contributed by atoms with Crippen LogP contribution in [0.2, 0.25) is 0 Å². The lowest BCUT2D eigenvalue weighted by molar-refractivity contribution is 0.0692. The fraction of sp³-hybridized carbons (Fsp3) is 0.545. The van der Waals surface area contributed by atoms with Crippen LogP contribution in [0, 0.1) is 6.92 Å². The van der Waals surface area contributed by atoms with E-state index >= 15 is 0 Å². The minimum Gasteiger partial charge on any atom is -0.478 e. The molecule has 1 aromatic rings. The summed E-state index contributed by atoms with van der Waals surface area (Å²) in [6.07, 6.45) is 2.96. The van der Waals surface area contributed by atoms with Gasteiger partial charge in [-0.1, -0.05) is 13.3 Å². The highest BCUT2D eigenvalue weighted by Crippen LogP contribution is 2.19. The van der Waals surface area contributed by atoms with Crippen molar-refractivity contribution >= 4 is 5.97 Å². The maximum atomic E-state index is 10.8. The number of carbonyl (C=O) groups is 1. The van der Waals surface area contributed by atoms with Gasteiger partial charge in [-0.3, -0.25) is 0 Å². The van der Waals surface area contributed by atoms with Crippen molar-refractivity contribution in [1.29, 1.82) is 0 Å². The number of aromatic nitrogens is 2. The molecule has 0 aliphatic carbocycles. The molecule has 0 bridgehead atoms. The van der Waals surface area contributed by atoms with Crippen molar-refractivity contribution in [2.75, 3.05) is 7.11 Å². The SMILES string of the molecule is CCCC(OC)c1ncc(C(=O)O)c(C)n1. The van der Waals surface area contributed by atoms with Crippen LogP contribution >= 0.6 is 0 Å².